The van der Waals surface area contributed by atoms with E-state index in [1.54, 1.807) is 0 Å². The van der Waals surface area contributed by atoms with Gasteiger partial charge >= 0.3 is 0 Å². The van der Waals surface area contributed by atoms with Crippen LogP contribution >= 0.6 is 0 Å². The third kappa shape index (κ3) is 3.30. The van der Waals surface area contributed by atoms with Crippen molar-refractivity contribution in [3.8, 4) is 6.07 Å². The van der Waals surface area contributed by atoms with Gasteiger partial charge < -0.3 is 5.11 Å². The van der Waals surface area contributed by atoms with Crippen LogP contribution in [0, 0.1) is 36.5 Å². The van der Waals surface area contributed by atoms with Gasteiger partial charge in [0, 0.05) is 0 Å². The standard InChI is InChI=1S/C19H27NO/c1-4-5-16-8-10-19(13-20,11-9-16)18(21)17-7-6-14(2)15(3)12-17/h6-7,12,16,18,21H,4-5,8-11H2,1-3H3. The predicted molar refractivity (Wildman–Crippen MR) is 85.8 cm³/mol. The molecule has 1 unspecified atom stereocenters. The molecule has 2 rings (SSSR count). The van der Waals surface area contributed by atoms with Gasteiger partial charge in [-0.15, -0.1) is 0 Å². The minimum Gasteiger partial charge on any atom is -0.387 e. The third-order valence-electron chi connectivity index (χ3n) is 5.29. The maximum Gasteiger partial charge on any atom is 0.0976 e. The van der Waals surface area contributed by atoms with Crippen molar-refractivity contribution in [1.82, 2.24) is 0 Å². The number of aryl methyl sites for hydroxylation is 2. The first kappa shape index (κ1) is 16.0. The van der Waals surface area contributed by atoms with Gasteiger partial charge in [-0.25, -0.2) is 0 Å². The smallest absolute Gasteiger partial charge is 0.0976 e. The van der Waals surface area contributed by atoms with Crippen molar-refractivity contribution in [2.24, 2.45) is 11.3 Å². The molecule has 1 aromatic carbocycles. The molecular weight excluding hydrogens is 258 g/mol. The number of aliphatic hydroxyl groups excluding tert-OH is 1. The Bertz CT molecular complexity index is 521. The molecule has 1 aliphatic carbocycles. The summed E-state index contributed by atoms with van der Waals surface area (Å²) in [5.41, 5.74) is 2.71. The van der Waals surface area contributed by atoms with Crippen LogP contribution in [0.5, 0.6) is 0 Å². The van der Waals surface area contributed by atoms with Crippen molar-refractivity contribution in [2.45, 2.75) is 65.4 Å². The first-order chi connectivity index (χ1) is 10.0. The van der Waals surface area contributed by atoms with Gasteiger partial charge in [-0.1, -0.05) is 38.0 Å². The van der Waals surface area contributed by atoms with Gasteiger partial charge in [0.1, 0.15) is 0 Å². The third-order valence-corrected chi connectivity index (χ3v) is 5.29. The van der Waals surface area contributed by atoms with Gasteiger partial charge in [0.2, 0.25) is 0 Å². The van der Waals surface area contributed by atoms with E-state index in [1.807, 2.05) is 18.2 Å². The van der Waals surface area contributed by atoms with E-state index in [1.165, 1.54) is 24.0 Å². The summed E-state index contributed by atoms with van der Waals surface area (Å²) < 4.78 is 0. The lowest BCUT2D eigenvalue weighted by molar-refractivity contribution is 0.0236. The number of benzene rings is 1. The molecule has 0 amide bonds. The molecule has 0 radical (unpaired) electrons. The molecule has 1 atom stereocenters. The van der Waals surface area contributed by atoms with Crippen molar-refractivity contribution in [1.29, 1.82) is 5.26 Å². The van der Waals surface area contributed by atoms with E-state index in [0.717, 1.165) is 37.2 Å². The Kier molecular flexibility index (Phi) is 5.06. The molecule has 0 saturated heterocycles. The summed E-state index contributed by atoms with van der Waals surface area (Å²) in [6, 6.07) is 8.52. The van der Waals surface area contributed by atoms with E-state index >= 15 is 0 Å². The molecule has 114 valence electrons. The zero-order valence-electron chi connectivity index (χ0n) is 13.5. The Morgan fingerprint density at radius 3 is 2.48 bits per heavy atom. The monoisotopic (exact) mass is 285 g/mol. The maximum absolute atomic E-state index is 10.8. The summed E-state index contributed by atoms with van der Waals surface area (Å²) in [7, 11) is 0. The van der Waals surface area contributed by atoms with E-state index in [-0.39, 0.29) is 0 Å². The van der Waals surface area contributed by atoms with Crippen molar-refractivity contribution in [3.05, 3.63) is 34.9 Å². The highest BCUT2D eigenvalue weighted by Crippen LogP contribution is 2.48. The number of hydrogen-bond donors (Lipinski definition) is 1. The lowest BCUT2D eigenvalue weighted by atomic mass is 9.66. The lowest BCUT2D eigenvalue weighted by Crippen LogP contribution is -2.32. The molecule has 0 aromatic heterocycles. The van der Waals surface area contributed by atoms with Gasteiger partial charge in [-0.3, -0.25) is 0 Å². The van der Waals surface area contributed by atoms with Gasteiger partial charge in [-0.2, -0.15) is 5.26 Å². The van der Waals surface area contributed by atoms with E-state index in [0.29, 0.717) is 0 Å². The minimum atomic E-state index is -0.663. The lowest BCUT2D eigenvalue weighted by Gasteiger charge is -2.38. The Balaban J connectivity index is 2.17. The molecule has 1 aromatic rings. The van der Waals surface area contributed by atoms with Crippen molar-refractivity contribution >= 4 is 0 Å². The van der Waals surface area contributed by atoms with Crippen LogP contribution in [0.4, 0.5) is 0 Å². The predicted octanol–water partition coefficient (Wildman–Crippen LogP) is 4.84. The first-order valence-corrected chi connectivity index (χ1v) is 8.19. The molecule has 1 saturated carbocycles. The van der Waals surface area contributed by atoms with E-state index in [4.69, 9.17) is 0 Å². The fourth-order valence-electron chi connectivity index (χ4n) is 3.59. The van der Waals surface area contributed by atoms with Gasteiger partial charge in [0.25, 0.3) is 0 Å². The van der Waals surface area contributed by atoms with Crippen LogP contribution in [-0.2, 0) is 0 Å². The maximum atomic E-state index is 10.8. The van der Waals surface area contributed by atoms with Crippen LogP contribution in [0.2, 0.25) is 0 Å². The molecule has 2 nitrogen and oxygen atoms in total. The second-order valence-corrected chi connectivity index (χ2v) is 6.75. The average Bonchev–Trinajstić information content (AvgIpc) is 2.51. The van der Waals surface area contributed by atoms with Crippen molar-refractivity contribution in [3.63, 3.8) is 0 Å². The molecule has 1 aliphatic rings. The minimum absolute atomic E-state index is 0.591. The number of aliphatic hydroxyl groups is 1. The molecule has 2 heteroatoms. The zero-order chi connectivity index (χ0) is 15.5. The normalized spacial score (nSPS) is 27.1. The second kappa shape index (κ2) is 6.62. The molecule has 21 heavy (non-hydrogen) atoms. The van der Waals surface area contributed by atoms with E-state index < -0.39 is 11.5 Å². The summed E-state index contributed by atoms with van der Waals surface area (Å²) in [6.45, 7) is 6.35. The Morgan fingerprint density at radius 1 is 1.29 bits per heavy atom. The molecular formula is C19H27NO. The molecule has 1 fully saturated rings. The summed E-state index contributed by atoms with van der Waals surface area (Å²) in [4.78, 5) is 0. The van der Waals surface area contributed by atoms with Crippen LogP contribution in [0.1, 0.15) is 68.2 Å². The Hall–Kier alpha value is -1.33. The fraction of sp³-hybridized carbons (Fsp3) is 0.632. The molecule has 0 heterocycles. The highest BCUT2D eigenvalue weighted by molar-refractivity contribution is 5.33. The summed E-state index contributed by atoms with van der Waals surface area (Å²) >= 11 is 0. The Labute approximate surface area is 128 Å². The van der Waals surface area contributed by atoms with Gasteiger partial charge in [-0.05, 0) is 62.1 Å². The summed E-state index contributed by atoms with van der Waals surface area (Å²) in [5, 5.41) is 20.5. The molecule has 0 bridgehead atoms. The topological polar surface area (TPSA) is 44.0 Å². The van der Waals surface area contributed by atoms with Crippen LogP contribution in [0.3, 0.4) is 0 Å². The van der Waals surface area contributed by atoms with E-state index in [9.17, 15) is 10.4 Å². The zero-order valence-corrected chi connectivity index (χ0v) is 13.5. The van der Waals surface area contributed by atoms with Crippen molar-refractivity contribution in [2.75, 3.05) is 0 Å². The van der Waals surface area contributed by atoms with Crippen LogP contribution in [0.15, 0.2) is 18.2 Å². The summed E-state index contributed by atoms with van der Waals surface area (Å²) in [5.74, 6) is 0.739. The quantitative estimate of drug-likeness (QED) is 0.860. The number of nitriles is 1. The van der Waals surface area contributed by atoms with Crippen LogP contribution in [-0.4, -0.2) is 5.11 Å². The molecule has 0 spiro atoms. The fourth-order valence-corrected chi connectivity index (χ4v) is 3.59. The van der Waals surface area contributed by atoms with Crippen LogP contribution < -0.4 is 0 Å². The number of rotatable bonds is 4. The average molecular weight is 285 g/mol. The summed E-state index contributed by atoms with van der Waals surface area (Å²) in [6.07, 6.45) is 5.59. The van der Waals surface area contributed by atoms with Crippen molar-refractivity contribution < 1.29 is 5.11 Å². The molecule has 1 N–H and O–H groups in total. The largest absolute Gasteiger partial charge is 0.387 e. The number of nitrogens with zero attached hydrogens (tertiary/aromatic N) is 1. The highest BCUT2D eigenvalue weighted by Gasteiger charge is 2.42. The van der Waals surface area contributed by atoms with Gasteiger partial charge in [0.05, 0.1) is 17.6 Å². The van der Waals surface area contributed by atoms with Gasteiger partial charge in [0.15, 0.2) is 0 Å². The highest BCUT2D eigenvalue weighted by atomic mass is 16.3. The number of hydrogen-bond acceptors (Lipinski definition) is 2. The first-order valence-electron chi connectivity index (χ1n) is 8.19. The van der Waals surface area contributed by atoms with E-state index in [2.05, 4.69) is 26.8 Å². The molecule has 0 aliphatic heterocycles. The Morgan fingerprint density at radius 2 is 1.95 bits per heavy atom. The van der Waals surface area contributed by atoms with Crippen LogP contribution in [0.25, 0.3) is 0 Å². The second-order valence-electron chi connectivity index (χ2n) is 6.75. The SMILES string of the molecule is CCCC1CCC(C#N)(C(O)c2ccc(C)c(C)c2)CC1.